The summed E-state index contributed by atoms with van der Waals surface area (Å²) in [6, 6.07) is 22.4. The number of alkyl carbamates (subject to hydrolysis) is 1. The predicted octanol–water partition coefficient (Wildman–Crippen LogP) is 5.28. The zero-order valence-corrected chi connectivity index (χ0v) is 18.1. The molecule has 0 aliphatic heterocycles. The Hall–Kier alpha value is -4.06. The Balaban J connectivity index is 1.29. The number of rotatable bonds is 6. The van der Waals surface area contributed by atoms with E-state index in [1.807, 2.05) is 67.6 Å². The number of furan rings is 1. The average Bonchev–Trinajstić information content (AvgIpc) is 3.32. The number of hydrogen-bond acceptors (Lipinski definition) is 4. The van der Waals surface area contributed by atoms with Gasteiger partial charge in [0.15, 0.2) is 0 Å². The third-order valence-electron chi connectivity index (χ3n) is 6.27. The van der Waals surface area contributed by atoms with Gasteiger partial charge in [0.2, 0.25) is 0 Å². The van der Waals surface area contributed by atoms with Gasteiger partial charge in [-0.05, 0) is 40.8 Å². The number of hydrogen-bond donors (Lipinski definition) is 2. The summed E-state index contributed by atoms with van der Waals surface area (Å²) in [6.45, 7) is 2.00. The Labute approximate surface area is 190 Å². The highest BCUT2D eigenvalue weighted by Gasteiger charge is 2.30. The van der Waals surface area contributed by atoms with E-state index in [0.29, 0.717) is 11.3 Å². The van der Waals surface area contributed by atoms with E-state index in [1.54, 1.807) is 0 Å². The summed E-state index contributed by atoms with van der Waals surface area (Å²) >= 11 is 0. The third-order valence-corrected chi connectivity index (χ3v) is 6.27. The van der Waals surface area contributed by atoms with Crippen LogP contribution in [0.2, 0.25) is 0 Å². The summed E-state index contributed by atoms with van der Waals surface area (Å²) in [6.07, 6.45) is -0.738. The highest BCUT2D eigenvalue weighted by molar-refractivity contribution is 5.84. The van der Waals surface area contributed by atoms with E-state index in [4.69, 9.17) is 9.15 Å². The molecule has 166 valence electrons. The second-order valence-corrected chi connectivity index (χ2v) is 8.21. The molecule has 33 heavy (non-hydrogen) atoms. The smallest absolute Gasteiger partial charge is 0.407 e. The fourth-order valence-electron chi connectivity index (χ4n) is 4.59. The number of fused-ring (bicyclic) bond motifs is 4. The van der Waals surface area contributed by atoms with Gasteiger partial charge in [-0.15, -0.1) is 0 Å². The van der Waals surface area contributed by atoms with Crippen molar-refractivity contribution < 1.29 is 23.8 Å². The van der Waals surface area contributed by atoms with Crippen molar-refractivity contribution in [1.82, 2.24) is 5.32 Å². The first-order valence-electron chi connectivity index (χ1n) is 10.8. The molecule has 5 rings (SSSR count). The fraction of sp³-hybridized carbons (Fsp3) is 0.185. The van der Waals surface area contributed by atoms with Crippen molar-refractivity contribution >= 4 is 23.0 Å². The molecule has 0 spiro atoms. The Morgan fingerprint density at radius 2 is 1.58 bits per heavy atom. The number of carboxylic acids is 1. The number of aryl methyl sites for hydroxylation is 1. The number of amides is 1. The van der Waals surface area contributed by atoms with Gasteiger partial charge >= 0.3 is 12.1 Å². The number of carbonyl (C=O) groups excluding carboxylic acids is 1. The largest absolute Gasteiger partial charge is 0.480 e. The molecule has 1 aliphatic rings. The van der Waals surface area contributed by atoms with E-state index < -0.39 is 18.1 Å². The molecule has 0 radical (unpaired) electrons. The fourth-order valence-corrected chi connectivity index (χ4v) is 4.59. The van der Waals surface area contributed by atoms with Crippen LogP contribution in [0.5, 0.6) is 0 Å². The van der Waals surface area contributed by atoms with Gasteiger partial charge in [0.25, 0.3) is 0 Å². The van der Waals surface area contributed by atoms with Gasteiger partial charge in [-0.3, -0.25) is 0 Å². The highest BCUT2D eigenvalue weighted by Crippen LogP contribution is 2.44. The van der Waals surface area contributed by atoms with E-state index >= 15 is 0 Å². The van der Waals surface area contributed by atoms with E-state index in [2.05, 4.69) is 17.4 Å². The van der Waals surface area contributed by atoms with E-state index in [0.717, 1.165) is 33.2 Å². The molecule has 1 aliphatic carbocycles. The van der Waals surface area contributed by atoms with Crippen LogP contribution < -0.4 is 5.32 Å². The minimum Gasteiger partial charge on any atom is -0.480 e. The number of benzene rings is 3. The van der Waals surface area contributed by atoms with Crippen molar-refractivity contribution in [3.05, 3.63) is 95.2 Å². The number of ether oxygens (including phenoxy) is 1. The van der Waals surface area contributed by atoms with E-state index in [1.165, 1.54) is 0 Å². The van der Waals surface area contributed by atoms with Crippen LogP contribution in [0.25, 0.3) is 22.1 Å². The number of aliphatic carboxylic acids is 1. The predicted molar refractivity (Wildman–Crippen MR) is 124 cm³/mol. The molecule has 6 heteroatoms. The van der Waals surface area contributed by atoms with Crippen molar-refractivity contribution in [3.8, 4) is 11.1 Å². The lowest BCUT2D eigenvalue weighted by molar-refractivity contribution is -0.139. The quantitative estimate of drug-likeness (QED) is 0.425. The Kier molecular flexibility index (Phi) is 5.34. The molecule has 0 bridgehead atoms. The van der Waals surface area contributed by atoms with Crippen LogP contribution in [-0.4, -0.2) is 29.8 Å². The monoisotopic (exact) mass is 441 g/mol. The summed E-state index contributed by atoms with van der Waals surface area (Å²) in [5.74, 6) is -0.713. The highest BCUT2D eigenvalue weighted by atomic mass is 16.5. The third kappa shape index (κ3) is 3.84. The average molecular weight is 441 g/mol. The maximum Gasteiger partial charge on any atom is 0.407 e. The van der Waals surface area contributed by atoms with Crippen molar-refractivity contribution in [2.45, 2.75) is 25.3 Å². The van der Waals surface area contributed by atoms with Crippen molar-refractivity contribution in [2.24, 2.45) is 0 Å². The molecule has 0 fully saturated rings. The molecule has 6 nitrogen and oxygen atoms in total. The van der Waals surface area contributed by atoms with Gasteiger partial charge in [-0.2, -0.15) is 0 Å². The molecular formula is C27H23NO5. The van der Waals surface area contributed by atoms with Crippen LogP contribution in [-0.2, 0) is 16.0 Å². The zero-order valence-electron chi connectivity index (χ0n) is 18.1. The van der Waals surface area contributed by atoms with Crippen LogP contribution in [0.4, 0.5) is 4.79 Å². The zero-order chi connectivity index (χ0) is 22.9. The summed E-state index contributed by atoms with van der Waals surface area (Å²) in [4.78, 5) is 24.4. The minimum atomic E-state index is -1.17. The first-order chi connectivity index (χ1) is 16.0. The molecule has 4 aromatic rings. The first-order valence-corrected chi connectivity index (χ1v) is 10.8. The number of para-hydroxylation sites is 1. The second kappa shape index (κ2) is 8.47. The summed E-state index contributed by atoms with van der Waals surface area (Å²) in [5.41, 5.74) is 6.01. The van der Waals surface area contributed by atoms with Crippen LogP contribution in [0, 0.1) is 6.92 Å². The second-order valence-electron chi connectivity index (χ2n) is 8.21. The molecule has 1 unspecified atom stereocenters. The topological polar surface area (TPSA) is 88.8 Å². The number of nitrogens with one attached hydrogen (secondary N) is 1. The Morgan fingerprint density at radius 1 is 0.970 bits per heavy atom. The van der Waals surface area contributed by atoms with Gasteiger partial charge in [-0.25, -0.2) is 9.59 Å². The van der Waals surface area contributed by atoms with Gasteiger partial charge in [0.05, 0.1) is 0 Å². The molecule has 1 atom stereocenters. The van der Waals surface area contributed by atoms with E-state index in [9.17, 15) is 14.7 Å². The molecule has 1 heterocycles. The SMILES string of the molecule is Cc1c(CC(NC(=O)OCC2c3ccccc3-c3ccccc32)C(=O)O)oc2ccccc12. The molecule has 0 saturated heterocycles. The molecule has 3 aromatic carbocycles. The van der Waals surface area contributed by atoms with E-state index in [-0.39, 0.29) is 18.9 Å². The van der Waals surface area contributed by atoms with Crippen LogP contribution in [0.15, 0.2) is 77.2 Å². The van der Waals surface area contributed by atoms with Gasteiger partial charge in [-0.1, -0.05) is 66.7 Å². The van der Waals surface area contributed by atoms with Crippen LogP contribution >= 0.6 is 0 Å². The normalized spacial score (nSPS) is 13.4. The van der Waals surface area contributed by atoms with Crippen LogP contribution in [0.1, 0.15) is 28.4 Å². The van der Waals surface area contributed by atoms with Crippen molar-refractivity contribution in [3.63, 3.8) is 0 Å². The Morgan fingerprint density at radius 3 is 2.21 bits per heavy atom. The van der Waals surface area contributed by atoms with Crippen molar-refractivity contribution in [1.29, 1.82) is 0 Å². The van der Waals surface area contributed by atoms with Crippen molar-refractivity contribution in [2.75, 3.05) is 6.61 Å². The Bertz CT molecular complexity index is 1310. The van der Waals surface area contributed by atoms with Gasteiger partial charge in [0, 0.05) is 17.7 Å². The summed E-state index contributed by atoms with van der Waals surface area (Å²) in [7, 11) is 0. The molecule has 0 saturated carbocycles. The first kappa shape index (κ1) is 20.8. The molecular weight excluding hydrogens is 418 g/mol. The minimum absolute atomic E-state index is 0.0278. The molecule has 2 N–H and O–H groups in total. The lowest BCUT2D eigenvalue weighted by Crippen LogP contribution is -2.43. The molecule has 1 aromatic heterocycles. The van der Waals surface area contributed by atoms with Crippen LogP contribution in [0.3, 0.4) is 0 Å². The van der Waals surface area contributed by atoms with Gasteiger partial charge < -0.3 is 19.6 Å². The number of carbonyl (C=O) groups is 2. The maximum atomic E-state index is 12.6. The number of carboxylic acid groups (broad SMARTS) is 1. The standard InChI is InChI=1S/C27H23NO5/c1-16-17-8-6-7-13-24(17)33-25(16)14-23(26(29)30)28-27(31)32-15-22-20-11-4-2-9-18(20)19-10-3-5-12-21(19)22/h2-13,22-23H,14-15H2,1H3,(H,28,31)(H,29,30). The van der Waals surface area contributed by atoms with Gasteiger partial charge in [0.1, 0.15) is 24.0 Å². The maximum absolute atomic E-state index is 12.6. The molecule has 1 amide bonds. The summed E-state index contributed by atoms with van der Waals surface area (Å²) in [5, 5.41) is 13.1. The summed E-state index contributed by atoms with van der Waals surface area (Å²) < 4.78 is 11.3. The lowest BCUT2D eigenvalue weighted by Gasteiger charge is -2.17. The lowest BCUT2D eigenvalue weighted by atomic mass is 9.98.